The zero-order chi connectivity index (χ0) is 11.7. The van der Waals surface area contributed by atoms with Gasteiger partial charge in [0.25, 0.3) is 1.43 Å². The first-order valence-electron chi connectivity index (χ1n) is 4.93. The van der Waals surface area contributed by atoms with Gasteiger partial charge in [0.05, 0.1) is 6.54 Å². The van der Waals surface area contributed by atoms with Crippen LogP contribution >= 0.6 is 0 Å². The van der Waals surface area contributed by atoms with Crippen molar-refractivity contribution in [1.82, 2.24) is 5.32 Å². The average Bonchev–Trinajstić information content (AvgIpc) is 2.26. The minimum Gasteiger partial charge on any atom is -0.480 e. The Kier molecular flexibility index (Phi) is 5.69. The molecule has 0 saturated carbocycles. The maximum atomic E-state index is 11.1. The van der Waals surface area contributed by atoms with Gasteiger partial charge >= 0.3 is 5.97 Å². The van der Waals surface area contributed by atoms with Crippen LogP contribution in [0.5, 0.6) is 0 Å². The third kappa shape index (κ3) is 5.50. The summed E-state index contributed by atoms with van der Waals surface area (Å²) in [5, 5.41) is 6.19. The van der Waals surface area contributed by atoms with Gasteiger partial charge in [0, 0.05) is 0 Å². The van der Waals surface area contributed by atoms with Crippen molar-refractivity contribution in [3.63, 3.8) is 0 Å². The van der Waals surface area contributed by atoms with Crippen LogP contribution in [0.4, 0.5) is 0 Å². The summed E-state index contributed by atoms with van der Waals surface area (Å²) in [6.07, 6.45) is 1.84. The van der Waals surface area contributed by atoms with Crippen molar-refractivity contribution in [2.75, 3.05) is 13.1 Å². The molecule has 1 atom stereocenters. The summed E-state index contributed by atoms with van der Waals surface area (Å²) in [4.78, 5) is 22.0. The summed E-state index contributed by atoms with van der Waals surface area (Å²) in [5.74, 6) is -1.23. The Balaban J connectivity index is 4.06. The molecule has 0 aliphatic carbocycles. The molecule has 6 heteroatoms. The number of aliphatic carboxylic acids is 1. The average molecular weight is 204 g/mol. The predicted molar refractivity (Wildman–Crippen MR) is 51.5 cm³/mol. The highest BCUT2D eigenvalue weighted by Gasteiger charge is 2.18. The van der Waals surface area contributed by atoms with Gasteiger partial charge in [-0.25, -0.2) is 4.79 Å². The second-order valence-corrected chi connectivity index (χ2v) is 2.93. The van der Waals surface area contributed by atoms with Crippen LogP contribution in [0.3, 0.4) is 0 Å². The number of unbranched alkanes of at least 4 members (excludes halogenated alkanes) is 1. The standard InChI is InChI=1S/C8H17N3O3/c9-4-2-1-3-6(8(13)14)11-7(12)5-10/h6H,1-5,9-10H2,(H,11,12)(H,13,14)/t6-/m0/s1/i/hD. The molecule has 0 aromatic carbocycles. The van der Waals surface area contributed by atoms with E-state index in [1.165, 1.54) is 0 Å². The molecular formula is C8H17N3O3. The normalized spacial score (nSPS) is 12.9. The Morgan fingerprint density at radius 1 is 1.43 bits per heavy atom. The van der Waals surface area contributed by atoms with Crippen LogP contribution < -0.4 is 16.8 Å². The number of nitrogens with two attached hydrogens (primary N) is 2. The predicted octanol–water partition coefficient (Wildman–Crippen LogP) is -1.36. The molecule has 14 heavy (non-hydrogen) atoms. The molecule has 0 unspecified atom stereocenters. The van der Waals surface area contributed by atoms with Gasteiger partial charge in [-0.2, -0.15) is 0 Å². The molecule has 0 radical (unpaired) electrons. The SMILES string of the molecule is [2H]OC(=O)[C@H](CCCCN)NC(=O)CN. The summed E-state index contributed by atoms with van der Waals surface area (Å²) >= 11 is 0. The summed E-state index contributed by atoms with van der Waals surface area (Å²) in [7, 11) is 0. The lowest BCUT2D eigenvalue weighted by Gasteiger charge is -2.13. The fourth-order valence-electron chi connectivity index (χ4n) is 0.995. The van der Waals surface area contributed by atoms with Crippen molar-refractivity contribution >= 4 is 11.9 Å². The fourth-order valence-corrected chi connectivity index (χ4v) is 0.995. The number of amides is 1. The van der Waals surface area contributed by atoms with Crippen molar-refractivity contribution < 1.29 is 14.7 Å². The number of nitrogens with one attached hydrogen (secondary N) is 1. The minimum atomic E-state index is -0.801. The maximum Gasteiger partial charge on any atom is 0.326 e. The monoisotopic (exact) mass is 204 g/mol. The van der Waals surface area contributed by atoms with Crippen molar-refractivity contribution in [3.8, 4) is 0 Å². The van der Waals surface area contributed by atoms with Gasteiger partial charge in [0.2, 0.25) is 5.91 Å². The lowest BCUT2D eigenvalue weighted by atomic mass is 10.1. The Morgan fingerprint density at radius 2 is 2.14 bits per heavy atom. The van der Waals surface area contributed by atoms with Crippen LogP contribution in [0.25, 0.3) is 1.43 Å². The second kappa shape index (κ2) is 7.28. The van der Waals surface area contributed by atoms with E-state index in [9.17, 15) is 9.59 Å². The molecule has 0 saturated heterocycles. The third-order valence-electron chi connectivity index (χ3n) is 1.75. The number of hydrogen-bond donors (Lipinski definition) is 4. The molecule has 6 nitrogen and oxygen atoms in total. The summed E-state index contributed by atoms with van der Waals surface area (Å²) in [6, 6.07) is -0.801. The van der Waals surface area contributed by atoms with Gasteiger partial charge in [0.1, 0.15) is 6.04 Å². The van der Waals surface area contributed by atoms with Gasteiger partial charge in [0.15, 0.2) is 0 Å². The lowest BCUT2D eigenvalue weighted by molar-refractivity contribution is -0.141. The van der Waals surface area contributed by atoms with Crippen molar-refractivity contribution in [3.05, 3.63) is 0 Å². The first-order chi connectivity index (χ1) is 7.15. The summed E-state index contributed by atoms with van der Waals surface area (Å²) in [6.45, 7) is 0.326. The fraction of sp³-hybridized carbons (Fsp3) is 0.750. The molecule has 0 aromatic heterocycles. The molecule has 0 heterocycles. The zero-order valence-corrected chi connectivity index (χ0v) is 7.99. The van der Waals surface area contributed by atoms with E-state index < -0.39 is 17.9 Å². The Labute approximate surface area is 84.1 Å². The second-order valence-electron chi connectivity index (χ2n) is 2.93. The van der Waals surface area contributed by atoms with Gasteiger partial charge in [-0.15, -0.1) is 0 Å². The van der Waals surface area contributed by atoms with Crippen molar-refractivity contribution in [2.45, 2.75) is 25.3 Å². The van der Waals surface area contributed by atoms with Crippen LogP contribution in [0.15, 0.2) is 0 Å². The Bertz CT molecular complexity index is 213. The molecule has 0 aliphatic rings. The minimum absolute atomic E-state index is 0.196. The van der Waals surface area contributed by atoms with E-state index in [0.717, 1.165) is 6.42 Å². The van der Waals surface area contributed by atoms with Crippen LogP contribution in [0, 0.1) is 0 Å². The zero-order valence-electron chi connectivity index (χ0n) is 8.99. The molecule has 0 bridgehead atoms. The molecule has 0 rings (SSSR count). The van der Waals surface area contributed by atoms with Gasteiger partial charge in [-0.1, -0.05) is 0 Å². The highest BCUT2D eigenvalue weighted by molar-refractivity contribution is 5.84. The van der Waals surface area contributed by atoms with Gasteiger partial charge in [-0.05, 0) is 25.8 Å². The number of rotatable bonds is 7. The van der Waals surface area contributed by atoms with E-state index >= 15 is 0 Å². The van der Waals surface area contributed by atoms with E-state index in [2.05, 4.69) is 10.4 Å². The van der Waals surface area contributed by atoms with Gasteiger partial charge < -0.3 is 21.9 Å². The van der Waals surface area contributed by atoms with E-state index in [1.54, 1.807) is 0 Å². The van der Waals surface area contributed by atoms with Crippen LogP contribution in [-0.2, 0) is 9.59 Å². The molecule has 0 fully saturated rings. The highest BCUT2D eigenvalue weighted by atomic mass is 16.4. The van der Waals surface area contributed by atoms with Crippen LogP contribution in [0.1, 0.15) is 19.3 Å². The Morgan fingerprint density at radius 3 is 2.64 bits per heavy atom. The lowest BCUT2D eigenvalue weighted by Crippen LogP contribution is -2.43. The van der Waals surface area contributed by atoms with E-state index in [1.807, 2.05) is 0 Å². The first kappa shape index (κ1) is 10.9. The van der Waals surface area contributed by atoms with E-state index in [4.69, 9.17) is 12.9 Å². The van der Waals surface area contributed by atoms with Crippen LogP contribution in [0.2, 0.25) is 0 Å². The van der Waals surface area contributed by atoms with Crippen molar-refractivity contribution in [1.29, 1.82) is 1.43 Å². The van der Waals surface area contributed by atoms with Crippen LogP contribution in [-0.4, -0.2) is 36.1 Å². The highest BCUT2D eigenvalue weighted by Crippen LogP contribution is 2.00. The largest absolute Gasteiger partial charge is 0.480 e. The number of carboxylic acids is 1. The van der Waals surface area contributed by atoms with E-state index in [-0.39, 0.29) is 6.54 Å². The molecule has 0 spiro atoms. The number of carbonyl (C=O) groups excluding carboxylic acids is 1. The molecular weight excluding hydrogens is 186 g/mol. The number of carboxylic acid groups (broad SMARTS) is 1. The summed E-state index contributed by atoms with van der Waals surface area (Å²) < 4.78 is 6.46. The quantitative estimate of drug-likeness (QED) is 0.382. The van der Waals surface area contributed by atoms with E-state index in [0.29, 0.717) is 19.4 Å². The Hall–Kier alpha value is -1.14. The number of hydrogen-bond acceptors (Lipinski definition) is 5. The smallest absolute Gasteiger partial charge is 0.326 e. The third-order valence-corrected chi connectivity index (χ3v) is 1.75. The molecule has 0 aliphatic heterocycles. The van der Waals surface area contributed by atoms with Crippen molar-refractivity contribution in [2.24, 2.45) is 11.5 Å². The number of carbonyl (C=O) groups is 2. The first-order valence-corrected chi connectivity index (χ1v) is 4.52. The molecule has 1 amide bonds. The topological polar surface area (TPSA) is 118 Å². The maximum absolute atomic E-state index is 11.1. The molecule has 82 valence electrons. The molecule has 0 aromatic rings. The summed E-state index contributed by atoms with van der Waals surface area (Å²) in [5.41, 5.74) is 10.4. The van der Waals surface area contributed by atoms with Gasteiger partial charge in [-0.3, -0.25) is 4.79 Å². The molecule has 6 N–H and O–H groups in total.